The lowest BCUT2D eigenvalue weighted by atomic mass is 9.96. The Balaban J connectivity index is 2.81. The van der Waals surface area contributed by atoms with Crippen LogP contribution >= 0.6 is 21.6 Å². The second kappa shape index (κ2) is 3.75. The van der Waals surface area contributed by atoms with Gasteiger partial charge in [-0.05, 0) is 22.3 Å². The van der Waals surface area contributed by atoms with Crippen molar-refractivity contribution < 1.29 is 4.92 Å². The van der Waals surface area contributed by atoms with Crippen molar-refractivity contribution in [2.75, 3.05) is 0 Å². The largest absolute Gasteiger partial charge is 0.259 e. The lowest BCUT2D eigenvalue weighted by Crippen LogP contribution is -2.04. The highest BCUT2D eigenvalue weighted by Gasteiger charge is 2.24. The summed E-state index contributed by atoms with van der Waals surface area (Å²) in [5, 5.41) is 10.2. The van der Waals surface area contributed by atoms with E-state index in [2.05, 4.69) is 20.8 Å². The second-order valence-electron chi connectivity index (χ2n) is 3.74. The summed E-state index contributed by atoms with van der Waals surface area (Å²) in [7, 11) is 3.05. The molecule has 72 valence electrons. The van der Waals surface area contributed by atoms with Crippen LogP contribution in [0.5, 0.6) is 0 Å². The van der Waals surface area contributed by atoms with Crippen molar-refractivity contribution in [3.05, 3.63) is 32.2 Å². The van der Waals surface area contributed by atoms with E-state index in [1.807, 2.05) is 6.08 Å². The van der Waals surface area contributed by atoms with Gasteiger partial charge < -0.3 is 0 Å². The average molecular weight is 217 g/mol. The first-order valence-electron chi connectivity index (χ1n) is 3.81. The van der Waals surface area contributed by atoms with Crippen molar-refractivity contribution >= 4 is 21.6 Å². The van der Waals surface area contributed by atoms with Crippen molar-refractivity contribution in [3.63, 3.8) is 0 Å². The molecule has 0 atom stereocenters. The maximum atomic E-state index is 10.2. The second-order valence-corrected chi connectivity index (χ2v) is 5.99. The first kappa shape index (κ1) is 10.7. The fourth-order valence-corrected chi connectivity index (χ4v) is 3.48. The Bertz CT molecular complexity index is 289. The molecule has 0 unspecified atom stereocenters. The molecule has 0 aromatic rings. The third-order valence-corrected chi connectivity index (χ3v) is 4.25. The highest BCUT2D eigenvalue weighted by Crippen LogP contribution is 2.51. The molecule has 0 fully saturated rings. The van der Waals surface area contributed by atoms with Crippen LogP contribution in [-0.4, -0.2) is 4.92 Å². The van der Waals surface area contributed by atoms with Crippen LogP contribution in [0.25, 0.3) is 0 Å². The first-order chi connectivity index (χ1) is 5.89. The predicted molar refractivity (Wildman–Crippen MR) is 57.8 cm³/mol. The van der Waals surface area contributed by atoms with Crippen molar-refractivity contribution in [1.29, 1.82) is 0 Å². The fraction of sp³-hybridized carbons (Fsp3) is 0.500. The quantitative estimate of drug-likeness (QED) is 0.383. The Labute approximate surface area is 85.2 Å². The third-order valence-electron chi connectivity index (χ3n) is 1.47. The molecule has 13 heavy (non-hydrogen) atoms. The van der Waals surface area contributed by atoms with E-state index in [1.54, 1.807) is 10.8 Å². The minimum absolute atomic E-state index is 0.0872. The van der Waals surface area contributed by atoms with Gasteiger partial charge in [0.1, 0.15) is 0 Å². The number of allylic oxidation sites excluding steroid dienone is 2. The van der Waals surface area contributed by atoms with Gasteiger partial charge in [-0.1, -0.05) is 31.6 Å². The molecule has 0 radical (unpaired) electrons. The van der Waals surface area contributed by atoms with E-state index >= 15 is 0 Å². The smallest absolute Gasteiger partial charge is 0.248 e. The third kappa shape index (κ3) is 3.08. The maximum Gasteiger partial charge on any atom is 0.248 e. The van der Waals surface area contributed by atoms with Gasteiger partial charge in [0.25, 0.3) is 0 Å². The number of hydrogen-bond acceptors (Lipinski definition) is 4. The minimum atomic E-state index is -0.412. The van der Waals surface area contributed by atoms with Crippen molar-refractivity contribution in [1.82, 2.24) is 0 Å². The molecule has 5 heteroatoms. The Morgan fingerprint density at radius 2 is 2.08 bits per heavy atom. The van der Waals surface area contributed by atoms with E-state index in [4.69, 9.17) is 0 Å². The SMILES string of the molecule is CC(C)(C)C1=CC(=C[N+](=O)[O-])SS1. The molecule has 0 amide bonds. The van der Waals surface area contributed by atoms with Crippen LogP contribution in [0.2, 0.25) is 0 Å². The Morgan fingerprint density at radius 1 is 1.46 bits per heavy atom. The van der Waals surface area contributed by atoms with Crippen LogP contribution in [0, 0.1) is 15.5 Å². The maximum absolute atomic E-state index is 10.2. The van der Waals surface area contributed by atoms with E-state index in [-0.39, 0.29) is 5.41 Å². The molecule has 0 saturated heterocycles. The van der Waals surface area contributed by atoms with Crippen LogP contribution in [0.1, 0.15) is 20.8 Å². The van der Waals surface area contributed by atoms with Crippen molar-refractivity contribution in [2.45, 2.75) is 20.8 Å². The summed E-state index contributed by atoms with van der Waals surface area (Å²) in [6, 6.07) is 0. The van der Waals surface area contributed by atoms with Crippen LogP contribution in [0.15, 0.2) is 22.1 Å². The van der Waals surface area contributed by atoms with E-state index < -0.39 is 4.92 Å². The van der Waals surface area contributed by atoms with Gasteiger partial charge in [0.2, 0.25) is 6.20 Å². The molecule has 0 spiro atoms. The average Bonchev–Trinajstić information content (AvgIpc) is 2.32. The molecule has 1 aliphatic rings. The zero-order chi connectivity index (χ0) is 10.1. The van der Waals surface area contributed by atoms with Gasteiger partial charge in [-0.2, -0.15) is 0 Å². The van der Waals surface area contributed by atoms with Crippen molar-refractivity contribution in [3.8, 4) is 0 Å². The topological polar surface area (TPSA) is 43.1 Å². The van der Waals surface area contributed by atoms with Gasteiger partial charge in [-0.3, -0.25) is 10.1 Å². The minimum Gasteiger partial charge on any atom is -0.259 e. The standard InChI is InChI=1S/C8H11NO2S2/c1-8(2,3)7-4-6(12-13-7)5-9(10)11/h4-5H,1-3H3. The predicted octanol–water partition coefficient (Wildman–Crippen LogP) is 3.43. The van der Waals surface area contributed by atoms with E-state index in [0.717, 1.165) is 11.1 Å². The number of rotatable bonds is 1. The zero-order valence-corrected chi connectivity index (χ0v) is 9.37. The monoisotopic (exact) mass is 217 g/mol. The van der Waals surface area contributed by atoms with Gasteiger partial charge in [-0.25, -0.2) is 0 Å². The highest BCUT2D eigenvalue weighted by molar-refractivity contribution is 8.80. The molecule has 1 rings (SSSR count). The van der Waals surface area contributed by atoms with Crippen LogP contribution < -0.4 is 0 Å². The van der Waals surface area contributed by atoms with Crippen molar-refractivity contribution in [2.24, 2.45) is 5.41 Å². The van der Waals surface area contributed by atoms with Crippen LogP contribution in [0.4, 0.5) is 0 Å². The Kier molecular flexibility index (Phi) is 3.08. The van der Waals surface area contributed by atoms with Gasteiger partial charge in [0, 0.05) is 4.91 Å². The summed E-state index contributed by atoms with van der Waals surface area (Å²) in [6.45, 7) is 6.30. The summed E-state index contributed by atoms with van der Waals surface area (Å²) >= 11 is 0. The summed E-state index contributed by atoms with van der Waals surface area (Å²) in [5.74, 6) is 0. The number of hydrogen-bond donors (Lipinski definition) is 0. The molecule has 3 nitrogen and oxygen atoms in total. The zero-order valence-electron chi connectivity index (χ0n) is 7.73. The molecule has 1 heterocycles. The lowest BCUT2D eigenvalue weighted by molar-refractivity contribution is -0.402. The van der Waals surface area contributed by atoms with E-state index in [1.165, 1.54) is 15.7 Å². The van der Waals surface area contributed by atoms with E-state index in [0.29, 0.717) is 0 Å². The first-order valence-corrected chi connectivity index (χ1v) is 5.96. The Morgan fingerprint density at radius 3 is 2.46 bits per heavy atom. The van der Waals surface area contributed by atoms with Gasteiger partial charge in [0.05, 0.1) is 9.83 Å². The fourth-order valence-electron chi connectivity index (χ4n) is 0.775. The molecule has 0 aromatic carbocycles. The van der Waals surface area contributed by atoms with Gasteiger partial charge >= 0.3 is 0 Å². The summed E-state index contributed by atoms with van der Waals surface area (Å²) in [6.07, 6.45) is 2.94. The lowest BCUT2D eigenvalue weighted by Gasteiger charge is -2.17. The van der Waals surface area contributed by atoms with Crippen LogP contribution in [-0.2, 0) is 0 Å². The number of nitrogens with zero attached hydrogens (tertiary/aromatic N) is 1. The highest BCUT2D eigenvalue weighted by atomic mass is 33.1. The molecule has 1 aliphatic heterocycles. The van der Waals surface area contributed by atoms with Gasteiger partial charge in [-0.15, -0.1) is 0 Å². The molecule has 0 N–H and O–H groups in total. The molecular formula is C8H11NO2S2. The molecule has 0 aliphatic carbocycles. The molecular weight excluding hydrogens is 206 g/mol. The summed E-state index contributed by atoms with van der Waals surface area (Å²) in [4.78, 5) is 11.7. The molecule has 0 bridgehead atoms. The summed E-state index contributed by atoms with van der Waals surface area (Å²) in [5.41, 5.74) is 0.0872. The normalized spacial score (nSPS) is 20.5. The number of nitro groups is 1. The van der Waals surface area contributed by atoms with E-state index in [9.17, 15) is 10.1 Å². The van der Waals surface area contributed by atoms with Crippen LogP contribution in [0.3, 0.4) is 0 Å². The summed E-state index contributed by atoms with van der Waals surface area (Å²) < 4.78 is 0. The molecule has 0 aromatic heterocycles. The Hall–Kier alpha value is -0.420. The van der Waals surface area contributed by atoms with Gasteiger partial charge in [0.15, 0.2) is 0 Å². The molecule has 0 saturated carbocycles.